The minimum Gasteiger partial charge on any atom is -0.458 e. The molecule has 3 rings (SSSR count). The van der Waals surface area contributed by atoms with Crippen LogP contribution in [0.25, 0.3) is 0 Å². The second-order valence-corrected chi connectivity index (χ2v) is 5.67. The normalized spacial score (nSPS) is 18.2. The van der Waals surface area contributed by atoms with Crippen molar-refractivity contribution in [3.8, 4) is 6.01 Å². The maximum absolute atomic E-state index is 5.80. The second-order valence-electron chi connectivity index (χ2n) is 4.94. The van der Waals surface area contributed by atoms with Gasteiger partial charge in [-0.1, -0.05) is 0 Å². The van der Waals surface area contributed by atoms with Gasteiger partial charge in [-0.05, 0) is 12.5 Å². The van der Waals surface area contributed by atoms with Gasteiger partial charge in [-0.3, -0.25) is 0 Å². The van der Waals surface area contributed by atoms with E-state index >= 15 is 0 Å². The summed E-state index contributed by atoms with van der Waals surface area (Å²) in [7, 11) is 1.64. The topological polar surface area (TPSA) is 73.3 Å². The van der Waals surface area contributed by atoms with Gasteiger partial charge >= 0.3 is 6.01 Å². The smallest absolute Gasteiger partial charge is 0.316 e. The SMILES string of the molecule is COCc1nsc(N2CCC(Oc3ncc(C)cn3)C2)n1. The minimum absolute atomic E-state index is 0.0856. The Labute approximate surface area is 127 Å². The Morgan fingerprint density at radius 2 is 2.19 bits per heavy atom. The Hall–Kier alpha value is -1.80. The van der Waals surface area contributed by atoms with Crippen molar-refractivity contribution in [3.63, 3.8) is 0 Å². The Bertz CT molecular complexity index is 589. The molecule has 8 heteroatoms. The number of aromatic nitrogens is 4. The van der Waals surface area contributed by atoms with Gasteiger partial charge in [0, 0.05) is 44.0 Å². The van der Waals surface area contributed by atoms with Crippen molar-refractivity contribution in [2.24, 2.45) is 0 Å². The van der Waals surface area contributed by atoms with Crippen LogP contribution in [0.3, 0.4) is 0 Å². The highest BCUT2D eigenvalue weighted by Crippen LogP contribution is 2.24. The largest absolute Gasteiger partial charge is 0.458 e. The molecular formula is C13H17N5O2S. The van der Waals surface area contributed by atoms with E-state index in [0.29, 0.717) is 12.6 Å². The van der Waals surface area contributed by atoms with Crippen molar-refractivity contribution in [2.75, 3.05) is 25.1 Å². The molecule has 0 radical (unpaired) electrons. The van der Waals surface area contributed by atoms with Crippen LogP contribution in [0.15, 0.2) is 12.4 Å². The third kappa shape index (κ3) is 3.45. The van der Waals surface area contributed by atoms with Gasteiger partial charge in [0.2, 0.25) is 5.13 Å². The van der Waals surface area contributed by atoms with E-state index in [-0.39, 0.29) is 6.10 Å². The van der Waals surface area contributed by atoms with Crippen LogP contribution in [-0.4, -0.2) is 45.6 Å². The first kappa shape index (κ1) is 14.2. The number of hydrogen-bond acceptors (Lipinski definition) is 8. The van der Waals surface area contributed by atoms with Crippen LogP contribution in [0.5, 0.6) is 6.01 Å². The molecule has 1 fully saturated rings. The molecule has 0 saturated carbocycles. The first-order valence-electron chi connectivity index (χ1n) is 6.76. The Morgan fingerprint density at radius 3 is 2.95 bits per heavy atom. The maximum Gasteiger partial charge on any atom is 0.316 e. The number of aryl methyl sites for hydroxylation is 1. The van der Waals surface area contributed by atoms with Gasteiger partial charge in [-0.2, -0.15) is 4.37 Å². The standard InChI is InChI=1S/C13H17N5O2S/c1-9-5-14-12(15-6-9)20-10-3-4-18(7-10)13-16-11(8-19-2)17-21-13/h5-6,10H,3-4,7-8H2,1-2H3. The molecule has 0 bridgehead atoms. The van der Waals surface area contributed by atoms with Crippen LogP contribution in [0.1, 0.15) is 17.8 Å². The molecule has 0 N–H and O–H groups in total. The fourth-order valence-corrected chi connectivity index (χ4v) is 2.86. The van der Waals surface area contributed by atoms with Gasteiger partial charge < -0.3 is 14.4 Å². The molecule has 0 aliphatic carbocycles. The third-order valence-corrected chi connectivity index (χ3v) is 3.99. The summed E-state index contributed by atoms with van der Waals surface area (Å²) in [5.74, 6) is 0.726. The molecule has 1 saturated heterocycles. The number of nitrogens with zero attached hydrogens (tertiary/aromatic N) is 5. The monoisotopic (exact) mass is 307 g/mol. The molecule has 2 aromatic heterocycles. The zero-order valence-electron chi connectivity index (χ0n) is 12.0. The summed E-state index contributed by atoms with van der Waals surface area (Å²) >= 11 is 1.40. The molecule has 0 spiro atoms. The molecule has 0 aromatic carbocycles. The van der Waals surface area contributed by atoms with Crippen molar-refractivity contribution in [1.29, 1.82) is 0 Å². The fraction of sp³-hybridized carbons (Fsp3) is 0.538. The fourth-order valence-electron chi connectivity index (χ4n) is 2.15. The summed E-state index contributed by atoms with van der Waals surface area (Å²) in [5.41, 5.74) is 1.02. The van der Waals surface area contributed by atoms with Crippen molar-refractivity contribution in [1.82, 2.24) is 19.3 Å². The van der Waals surface area contributed by atoms with E-state index in [1.54, 1.807) is 19.5 Å². The highest BCUT2D eigenvalue weighted by Gasteiger charge is 2.27. The van der Waals surface area contributed by atoms with E-state index in [0.717, 1.165) is 36.0 Å². The van der Waals surface area contributed by atoms with Gasteiger partial charge in [0.15, 0.2) is 5.82 Å². The molecule has 3 heterocycles. The quantitative estimate of drug-likeness (QED) is 0.827. The zero-order valence-corrected chi connectivity index (χ0v) is 12.8. The highest BCUT2D eigenvalue weighted by molar-refractivity contribution is 7.09. The van der Waals surface area contributed by atoms with E-state index in [1.807, 2.05) is 6.92 Å². The summed E-state index contributed by atoms with van der Waals surface area (Å²) in [6, 6.07) is 0.435. The number of ether oxygens (including phenoxy) is 2. The van der Waals surface area contributed by atoms with E-state index in [9.17, 15) is 0 Å². The highest BCUT2D eigenvalue weighted by atomic mass is 32.1. The number of hydrogen-bond donors (Lipinski definition) is 0. The minimum atomic E-state index is 0.0856. The van der Waals surface area contributed by atoms with Gasteiger partial charge in [0.05, 0.1) is 6.54 Å². The van der Waals surface area contributed by atoms with Gasteiger partial charge in [0.1, 0.15) is 12.7 Å². The lowest BCUT2D eigenvalue weighted by molar-refractivity contribution is 0.179. The first-order chi connectivity index (χ1) is 10.2. The molecule has 0 amide bonds. The molecular weight excluding hydrogens is 290 g/mol. The van der Waals surface area contributed by atoms with Crippen LogP contribution in [0.4, 0.5) is 5.13 Å². The van der Waals surface area contributed by atoms with Crippen LogP contribution >= 0.6 is 11.5 Å². The molecule has 112 valence electrons. The van der Waals surface area contributed by atoms with E-state index in [2.05, 4.69) is 24.2 Å². The van der Waals surface area contributed by atoms with E-state index in [4.69, 9.17) is 9.47 Å². The predicted octanol–water partition coefficient (Wildman–Crippen LogP) is 1.44. The molecule has 7 nitrogen and oxygen atoms in total. The van der Waals surface area contributed by atoms with Crippen molar-refractivity contribution in [2.45, 2.75) is 26.1 Å². The Morgan fingerprint density at radius 1 is 1.38 bits per heavy atom. The third-order valence-electron chi connectivity index (χ3n) is 3.18. The molecule has 1 aliphatic heterocycles. The van der Waals surface area contributed by atoms with Gasteiger partial charge in [-0.25, -0.2) is 15.0 Å². The van der Waals surface area contributed by atoms with Crippen LogP contribution < -0.4 is 9.64 Å². The van der Waals surface area contributed by atoms with Crippen LogP contribution in [0.2, 0.25) is 0 Å². The lowest BCUT2D eigenvalue weighted by Gasteiger charge is -2.14. The van der Waals surface area contributed by atoms with Crippen molar-refractivity contribution >= 4 is 16.7 Å². The summed E-state index contributed by atoms with van der Waals surface area (Å²) < 4.78 is 15.1. The summed E-state index contributed by atoms with van der Waals surface area (Å²) in [6.45, 7) is 4.08. The number of methoxy groups -OCH3 is 1. The van der Waals surface area contributed by atoms with Crippen LogP contribution in [0, 0.1) is 6.92 Å². The summed E-state index contributed by atoms with van der Waals surface area (Å²) in [6.07, 6.45) is 4.53. The molecule has 1 atom stereocenters. The van der Waals surface area contributed by atoms with E-state index in [1.165, 1.54) is 11.5 Å². The van der Waals surface area contributed by atoms with Gasteiger partial charge in [0.25, 0.3) is 0 Å². The number of anilines is 1. The van der Waals surface area contributed by atoms with Crippen LogP contribution in [-0.2, 0) is 11.3 Å². The summed E-state index contributed by atoms with van der Waals surface area (Å²) in [4.78, 5) is 15.0. The lowest BCUT2D eigenvalue weighted by atomic mass is 10.3. The zero-order chi connectivity index (χ0) is 14.7. The van der Waals surface area contributed by atoms with E-state index < -0.39 is 0 Å². The average Bonchev–Trinajstić information content (AvgIpc) is 3.11. The molecule has 21 heavy (non-hydrogen) atoms. The summed E-state index contributed by atoms with van der Waals surface area (Å²) in [5, 5.41) is 0.915. The predicted molar refractivity (Wildman–Crippen MR) is 78.6 cm³/mol. The first-order valence-corrected chi connectivity index (χ1v) is 7.53. The maximum atomic E-state index is 5.80. The van der Waals surface area contributed by atoms with Gasteiger partial charge in [-0.15, -0.1) is 0 Å². The second kappa shape index (κ2) is 6.31. The van der Waals surface area contributed by atoms with Crippen molar-refractivity contribution in [3.05, 3.63) is 23.8 Å². The Kier molecular flexibility index (Phi) is 4.26. The average molecular weight is 307 g/mol. The van der Waals surface area contributed by atoms with Crippen molar-refractivity contribution < 1.29 is 9.47 Å². The molecule has 1 aliphatic rings. The lowest BCUT2D eigenvalue weighted by Crippen LogP contribution is -2.25. The molecule has 2 aromatic rings. The Balaban J connectivity index is 1.58. The number of rotatable bonds is 5. The molecule has 1 unspecified atom stereocenters.